The molecular formula is C71H53N. The van der Waals surface area contributed by atoms with E-state index in [9.17, 15) is 0 Å². The first kappa shape index (κ1) is 42.4. The molecule has 0 fully saturated rings. The summed E-state index contributed by atoms with van der Waals surface area (Å²) < 4.78 is 0. The Balaban J connectivity index is 0.968. The van der Waals surface area contributed by atoms with Gasteiger partial charge in [0.05, 0.1) is 11.1 Å². The second kappa shape index (κ2) is 15.2. The number of para-hydroxylation sites is 1. The SMILES string of the molecule is C=C/C=C(\C=C)c1ccc2c(c1)C(C)(C)c1cc(N(c3ccc4c(c3)C(C)(C)c3ccccc3-4)c3ccccc3-c3ccc4c(c3)-c3ccccc3C43c4ccccc4-c4c3ccc3ccccc43)ccc1-2. The van der Waals surface area contributed by atoms with Crippen LogP contribution in [0.1, 0.15) is 77.8 Å². The van der Waals surface area contributed by atoms with E-state index in [1.807, 2.05) is 18.2 Å². The van der Waals surface area contributed by atoms with E-state index in [1.54, 1.807) is 0 Å². The van der Waals surface area contributed by atoms with Crippen molar-refractivity contribution < 1.29 is 0 Å². The Morgan fingerprint density at radius 3 is 1.61 bits per heavy atom. The molecule has 0 heterocycles. The lowest BCUT2D eigenvalue weighted by molar-refractivity contribution is 0.660. The molecule has 0 radical (unpaired) electrons. The highest BCUT2D eigenvalue weighted by molar-refractivity contribution is 6.06. The molecule has 72 heavy (non-hydrogen) atoms. The van der Waals surface area contributed by atoms with Crippen LogP contribution in [0.4, 0.5) is 17.1 Å². The van der Waals surface area contributed by atoms with Gasteiger partial charge in [0, 0.05) is 27.8 Å². The Hall–Kier alpha value is -8.52. The first-order valence-electron chi connectivity index (χ1n) is 25.4. The summed E-state index contributed by atoms with van der Waals surface area (Å²) in [6.07, 6.45) is 5.81. The first-order valence-corrected chi connectivity index (χ1v) is 25.4. The predicted molar refractivity (Wildman–Crippen MR) is 304 cm³/mol. The minimum Gasteiger partial charge on any atom is -0.310 e. The molecule has 4 aliphatic carbocycles. The predicted octanol–water partition coefficient (Wildman–Crippen LogP) is 18.7. The van der Waals surface area contributed by atoms with Crippen LogP contribution in [0.25, 0.3) is 72.0 Å². The molecule has 0 bridgehead atoms. The number of hydrogen-bond donors (Lipinski definition) is 0. The summed E-state index contributed by atoms with van der Waals surface area (Å²) in [5.41, 5.74) is 28.4. The van der Waals surface area contributed by atoms with Gasteiger partial charge in [0.1, 0.15) is 0 Å². The maximum Gasteiger partial charge on any atom is 0.0725 e. The van der Waals surface area contributed by atoms with E-state index >= 15 is 0 Å². The molecule has 1 nitrogen and oxygen atoms in total. The van der Waals surface area contributed by atoms with Gasteiger partial charge in [-0.15, -0.1) is 0 Å². The quantitative estimate of drug-likeness (QED) is 0.144. The van der Waals surface area contributed by atoms with Crippen molar-refractivity contribution in [2.45, 2.75) is 43.9 Å². The zero-order valence-electron chi connectivity index (χ0n) is 41.2. The lowest BCUT2D eigenvalue weighted by atomic mass is 9.70. The number of rotatable bonds is 7. The average Bonchev–Trinajstić information content (AvgIpc) is 4.05. The van der Waals surface area contributed by atoms with Gasteiger partial charge in [-0.25, -0.2) is 0 Å². The van der Waals surface area contributed by atoms with E-state index in [4.69, 9.17) is 0 Å². The van der Waals surface area contributed by atoms with Crippen molar-refractivity contribution in [3.05, 3.63) is 288 Å². The summed E-state index contributed by atoms with van der Waals surface area (Å²) in [5.74, 6) is 0. The minimum absolute atomic E-state index is 0.163. The first-order chi connectivity index (χ1) is 35.1. The van der Waals surface area contributed by atoms with Gasteiger partial charge in [-0.2, -0.15) is 0 Å². The Morgan fingerprint density at radius 2 is 0.917 bits per heavy atom. The molecule has 1 heteroatoms. The normalized spacial score (nSPS) is 16.5. The van der Waals surface area contributed by atoms with Gasteiger partial charge >= 0.3 is 0 Å². The van der Waals surface area contributed by atoms with Crippen LogP contribution in [0.15, 0.2) is 238 Å². The maximum absolute atomic E-state index is 4.13. The number of benzene rings is 10. The van der Waals surface area contributed by atoms with Crippen molar-refractivity contribution >= 4 is 33.4 Å². The number of nitrogens with zero attached hydrogens (tertiary/aromatic N) is 1. The lowest BCUT2D eigenvalue weighted by Crippen LogP contribution is -2.25. The molecule has 0 saturated carbocycles. The maximum atomic E-state index is 4.13. The van der Waals surface area contributed by atoms with E-state index in [2.05, 4.69) is 252 Å². The molecule has 0 aliphatic heterocycles. The Kier molecular flexibility index (Phi) is 8.97. The minimum atomic E-state index is -0.439. The van der Waals surface area contributed by atoms with Gasteiger partial charge in [-0.1, -0.05) is 223 Å². The van der Waals surface area contributed by atoms with Crippen LogP contribution in [-0.4, -0.2) is 0 Å². The highest BCUT2D eigenvalue weighted by atomic mass is 15.1. The molecular weight excluding hydrogens is 867 g/mol. The number of fused-ring (bicyclic) bond motifs is 18. The Bertz CT molecular complexity index is 4040. The van der Waals surface area contributed by atoms with Crippen molar-refractivity contribution in [2.75, 3.05) is 4.90 Å². The van der Waals surface area contributed by atoms with Crippen LogP contribution in [0.3, 0.4) is 0 Å². The van der Waals surface area contributed by atoms with E-state index in [0.717, 1.165) is 28.2 Å². The molecule has 1 atom stereocenters. The largest absolute Gasteiger partial charge is 0.310 e. The number of anilines is 3. The van der Waals surface area contributed by atoms with Gasteiger partial charge in [0.2, 0.25) is 0 Å². The van der Waals surface area contributed by atoms with Crippen LogP contribution in [0.5, 0.6) is 0 Å². The van der Waals surface area contributed by atoms with Gasteiger partial charge in [-0.05, 0) is 159 Å². The van der Waals surface area contributed by atoms with Crippen molar-refractivity contribution in [1.82, 2.24) is 0 Å². The third-order valence-electron chi connectivity index (χ3n) is 17.0. The van der Waals surface area contributed by atoms with Crippen molar-refractivity contribution in [1.29, 1.82) is 0 Å². The van der Waals surface area contributed by atoms with Crippen LogP contribution < -0.4 is 4.90 Å². The zero-order chi connectivity index (χ0) is 48.7. The highest BCUT2D eigenvalue weighted by Gasteiger charge is 2.52. The van der Waals surface area contributed by atoms with Crippen LogP contribution in [-0.2, 0) is 16.2 Å². The van der Waals surface area contributed by atoms with Gasteiger partial charge in [-0.3, -0.25) is 0 Å². The number of hydrogen-bond acceptors (Lipinski definition) is 1. The Morgan fingerprint density at radius 1 is 0.403 bits per heavy atom. The van der Waals surface area contributed by atoms with Crippen molar-refractivity contribution in [2.24, 2.45) is 0 Å². The van der Waals surface area contributed by atoms with Crippen molar-refractivity contribution in [3.8, 4) is 55.6 Å². The van der Waals surface area contributed by atoms with Gasteiger partial charge in [0.15, 0.2) is 0 Å². The zero-order valence-corrected chi connectivity index (χ0v) is 41.2. The average molecular weight is 920 g/mol. The second-order valence-electron chi connectivity index (χ2n) is 21.2. The molecule has 0 N–H and O–H groups in total. The molecule has 0 amide bonds. The summed E-state index contributed by atoms with van der Waals surface area (Å²) in [5, 5.41) is 2.58. The molecule has 1 spiro atoms. The van der Waals surface area contributed by atoms with Crippen molar-refractivity contribution in [3.63, 3.8) is 0 Å². The second-order valence-corrected chi connectivity index (χ2v) is 21.2. The van der Waals surface area contributed by atoms with Gasteiger partial charge in [0.25, 0.3) is 0 Å². The summed E-state index contributed by atoms with van der Waals surface area (Å²) in [4.78, 5) is 2.53. The van der Waals surface area contributed by atoms with E-state index in [-0.39, 0.29) is 10.8 Å². The fourth-order valence-electron chi connectivity index (χ4n) is 13.7. The summed E-state index contributed by atoms with van der Waals surface area (Å²) in [7, 11) is 0. The lowest BCUT2D eigenvalue weighted by Gasteiger charge is -2.31. The molecule has 10 aromatic carbocycles. The van der Waals surface area contributed by atoms with Crippen LogP contribution in [0, 0.1) is 0 Å². The number of allylic oxidation sites excluding steroid dienone is 4. The summed E-state index contributed by atoms with van der Waals surface area (Å²) in [6.45, 7) is 17.6. The van der Waals surface area contributed by atoms with Crippen LogP contribution in [0.2, 0.25) is 0 Å². The molecule has 10 aromatic rings. The molecule has 1 unspecified atom stereocenters. The summed E-state index contributed by atoms with van der Waals surface area (Å²) >= 11 is 0. The molecule has 0 aromatic heterocycles. The standard InChI is InChI=1S/C71H53N/c1-7-19-44(8-2)46-30-35-54-56-37-34-49(43-66(56)70(5,6)64(54)41-46)72(48-33-36-55-52-23-11-15-26-59(52)69(3,4)65(55)42-48)67-29-18-14-21-50(67)47-32-38-62-58(40-47)53-24-12-16-27-60(53)71(62)61-28-17-13-25-57(61)68-51-22-10-9-20-45(51)31-39-63(68)71/h7-43H,1-2H2,3-6H3/b44-19+. The van der Waals surface area contributed by atoms with E-state index < -0.39 is 5.41 Å². The van der Waals surface area contributed by atoms with E-state index in [0.29, 0.717) is 0 Å². The third kappa shape index (κ3) is 5.60. The molecule has 14 rings (SSSR count). The molecule has 342 valence electrons. The third-order valence-corrected chi connectivity index (χ3v) is 17.0. The molecule has 0 saturated heterocycles. The fourth-order valence-corrected chi connectivity index (χ4v) is 13.7. The summed E-state index contributed by atoms with van der Waals surface area (Å²) in [6, 6.07) is 78.5. The Labute approximate surface area is 423 Å². The molecule has 4 aliphatic rings. The van der Waals surface area contributed by atoms with Crippen LogP contribution >= 0.6 is 0 Å². The topological polar surface area (TPSA) is 3.24 Å². The highest BCUT2D eigenvalue weighted by Crippen LogP contribution is 2.64. The smallest absolute Gasteiger partial charge is 0.0725 e. The van der Waals surface area contributed by atoms with Gasteiger partial charge < -0.3 is 4.90 Å². The fraction of sp³-hybridized carbons (Fsp3) is 0.0986. The monoisotopic (exact) mass is 919 g/mol. The van der Waals surface area contributed by atoms with E-state index in [1.165, 1.54) is 111 Å².